The van der Waals surface area contributed by atoms with E-state index in [1.54, 1.807) is 7.11 Å². The SMILES string of the molecule is COc1ccc(CNc2nnc(N3CCC(O)CC3)c3ccc(Br)cc23)cc1Br. The van der Waals surface area contributed by atoms with Gasteiger partial charge >= 0.3 is 0 Å². The number of rotatable bonds is 5. The minimum atomic E-state index is -0.218. The number of aromatic nitrogens is 2. The summed E-state index contributed by atoms with van der Waals surface area (Å²) in [5.41, 5.74) is 1.11. The third-order valence-corrected chi connectivity index (χ3v) is 6.28. The van der Waals surface area contributed by atoms with Crippen LogP contribution < -0.4 is 15.0 Å². The lowest BCUT2D eigenvalue weighted by molar-refractivity contribution is 0.145. The van der Waals surface area contributed by atoms with Gasteiger partial charge in [0, 0.05) is 34.9 Å². The van der Waals surface area contributed by atoms with E-state index in [0.717, 1.165) is 68.6 Å². The number of fused-ring (bicyclic) bond motifs is 1. The summed E-state index contributed by atoms with van der Waals surface area (Å²) in [6.07, 6.45) is 1.29. The zero-order valence-corrected chi connectivity index (χ0v) is 19.2. The molecule has 8 heteroatoms. The second-order valence-corrected chi connectivity index (χ2v) is 8.87. The van der Waals surface area contributed by atoms with Gasteiger partial charge in [-0.15, -0.1) is 10.2 Å². The van der Waals surface area contributed by atoms with Crippen LogP contribution in [0.4, 0.5) is 11.6 Å². The number of aliphatic hydroxyl groups excluding tert-OH is 1. The Labute approximate surface area is 186 Å². The maximum Gasteiger partial charge on any atom is 0.159 e. The number of benzene rings is 2. The van der Waals surface area contributed by atoms with E-state index in [0.29, 0.717) is 6.54 Å². The van der Waals surface area contributed by atoms with Crippen LogP contribution in [0.1, 0.15) is 18.4 Å². The van der Waals surface area contributed by atoms with Crippen molar-refractivity contribution in [3.8, 4) is 5.75 Å². The molecular weight excluding hydrogens is 500 g/mol. The van der Waals surface area contributed by atoms with Crippen LogP contribution in [0.2, 0.25) is 0 Å². The van der Waals surface area contributed by atoms with Crippen molar-refractivity contribution < 1.29 is 9.84 Å². The summed E-state index contributed by atoms with van der Waals surface area (Å²) in [5.74, 6) is 2.42. The first-order valence-corrected chi connectivity index (χ1v) is 11.1. The average molecular weight is 522 g/mol. The maximum absolute atomic E-state index is 9.81. The first-order valence-electron chi connectivity index (χ1n) is 9.50. The van der Waals surface area contributed by atoms with E-state index in [-0.39, 0.29) is 6.10 Å². The number of hydrogen-bond donors (Lipinski definition) is 2. The Hall–Kier alpha value is -1.90. The fraction of sp³-hybridized carbons (Fsp3) is 0.333. The van der Waals surface area contributed by atoms with Crippen LogP contribution in [-0.4, -0.2) is 41.6 Å². The van der Waals surface area contributed by atoms with E-state index in [1.165, 1.54) is 0 Å². The molecule has 0 unspecified atom stereocenters. The molecule has 6 nitrogen and oxygen atoms in total. The highest BCUT2D eigenvalue weighted by molar-refractivity contribution is 9.10. The number of aliphatic hydroxyl groups is 1. The number of nitrogens with one attached hydrogen (secondary N) is 1. The molecule has 1 aromatic heterocycles. The van der Waals surface area contributed by atoms with Crippen LogP contribution in [0.3, 0.4) is 0 Å². The van der Waals surface area contributed by atoms with Gasteiger partial charge in [-0.2, -0.15) is 0 Å². The number of anilines is 2. The van der Waals surface area contributed by atoms with Crippen molar-refractivity contribution in [2.75, 3.05) is 30.4 Å². The van der Waals surface area contributed by atoms with Crippen molar-refractivity contribution in [1.29, 1.82) is 0 Å². The quantitative estimate of drug-likeness (QED) is 0.505. The molecule has 1 saturated heterocycles. The molecule has 0 saturated carbocycles. The lowest BCUT2D eigenvalue weighted by atomic mass is 10.1. The van der Waals surface area contributed by atoms with E-state index in [9.17, 15) is 5.11 Å². The van der Waals surface area contributed by atoms with E-state index in [2.05, 4.69) is 64.4 Å². The van der Waals surface area contributed by atoms with Gasteiger partial charge in [0.25, 0.3) is 0 Å². The zero-order chi connectivity index (χ0) is 20.4. The van der Waals surface area contributed by atoms with Crippen molar-refractivity contribution in [2.45, 2.75) is 25.5 Å². The van der Waals surface area contributed by atoms with E-state index < -0.39 is 0 Å². The molecule has 1 aliphatic rings. The first kappa shape index (κ1) is 20.4. The molecule has 152 valence electrons. The summed E-state index contributed by atoms with van der Waals surface area (Å²) >= 11 is 7.10. The summed E-state index contributed by atoms with van der Waals surface area (Å²) < 4.78 is 7.21. The second-order valence-electron chi connectivity index (χ2n) is 7.10. The van der Waals surface area contributed by atoms with Crippen molar-refractivity contribution in [3.05, 3.63) is 50.9 Å². The van der Waals surface area contributed by atoms with Crippen LogP contribution in [0, 0.1) is 0 Å². The smallest absolute Gasteiger partial charge is 0.159 e. The van der Waals surface area contributed by atoms with E-state index in [4.69, 9.17) is 4.74 Å². The molecule has 0 spiro atoms. The highest BCUT2D eigenvalue weighted by atomic mass is 79.9. The summed E-state index contributed by atoms with van der Waals surface area (Å²) in [7, 11) is 1.65. The van der Waals surface area contributed by atoms with Gasteiger partial charge in [0.1, 0.15) is 5.75 Å². The van der Waals surface area contributed by atoms with E-state index >= 15 is 0 Å². The van der Waals surface area contributed by atoms with Crippen LogP contribution in [0.15, 0.2) is 45.3 Å². The monoisotopic (exact) mass is 520 g/mol. The summed E-state index contributed by atoms with van der Waals surface area (Å²) in [6, 6.07) is 12.2. The molecule has 4 rings (SSSR count). The Kier molecular flexibility index (Phi) is 6.22. The molecule has 2 aromatic carbocycles. The predicted molar refractivity (Wildman–Crippen MR) is 123 cm³/mol. The number of ether oxygens (including phenoxy) is 1. The van der Waals surface area contributed by atoms with Gasteiger partial charge in [-0.05, 0) is 64.7 Å². The number of nitrogens with zero attached hydrogens (tertiary/aromatic N) is 3. The largest absolute Gasteiger partial charge is 0.496 e. The van der Waals surface area contributed by atoms with Crippen LogP contribution in [0.5, 0.6) is 5.75 Å². The van der Waals surface area contributed by atoms with Crippen molar-refractivity contribution >= 4 is 54.3 Å². The van der Waals surface area contributed by atoms with Gasteiger partial charge in [-0.25, -0.2) is 0 Å². The minimum Gasteiger partial charge on any atom is -0.496 e. The van der Waals surface area contributed by atoms with Gasteiger partial charge in [0.15, 0.2) is 11.6 Å². The zero-order valence-electron chi connectivity index (χ0n) is 16.0. The fourth-order valence-corrected chi connectivity index (χ4v) is 4.51. The maximum atomic E-state index is 9.81. The molecule has 0 amide bonds. The van der Waals surface area contributed by atoms with Crippen LogP contribution >= 0.6 is 31.9 Å². The topological polar surface area (TPSA) is 70.5 Å². The Balaban J connectivity index is 1.62. The highest BCUT2D eigenvalue weighted by Crippen LogP contribution is 2.33. The molecule has 1 fully saturated rings. The van der Waals surface area contributed by atoms with E-state index in [1.807, 2.05) is 24.3 Å². The van der Waals surface area contributed by atoms with Gasteiger partial charge in [-0.1, -0.05) is 22.0 Å². The third kappa shape index (κ3) is 4.49. The molecule has 29 heavy (non-hydrogen) atoms. The third-order valence-electron chi connectivity index (χ3n) is 5.16. The van der Waals surface area contributed by atoms with Gasteiger partial charge < -0.3 is 20.1 Å². The number of methoxy groups -OCH3 is 1. The molecule has 1 aliphatic heterocycles. The highest BCUT2D eigenvalue weighted by Gasteiger charge is 2.21. The van der Waals surface area contributed by atoms with Gasteiger partial charge in [0.2, 0.25) is 0 Å². The Morgan fingerprint density at radius 3 is 2.62 bits per heavy atom. The van der Waals surface area contributed by atoms with Gasteiger partial charge in [-0.3, -0.25) is 0 Å². The summed E-state index contributed by atoms with van der Waals surface area (Å²) in [4.78, 5) is 2.21. The molecule has 2 heterocycles. The molecule has 0 bridgehead atoms. The average Bonchev–Trinajstić information content (AvgIpc) is 2.72. The lowest BCUT2D eigenvalue weighted by Gasteiger charge is -2.31. The molecule has 0 atom stereocenters. The number of halogens is 2. The normalized spacial score (nSPS) is 15.0. The van der Waals surface area contributed by atoms with Crippen molar-refractivity contribution in [2.24, 2.45) is 0 Å². The molecule has 2 N–H and O–H groups in total. The van der Waals surface area contributed by atoms with Crippen LogP contribution in [0.25, 0.3) is 10.8 Å². The molecular formula is C21H22Br2N4O2. The fourth-order valence-electron chi connectivity index (χ4n) is 3.56. The Morgan fingerprint density at radius 1 is 1.10 bits per heavy atom. The lowest BCUT2D eigenvalue weighted by Crippen LogP contribution is -2.36. The van der Waals surface area contributed by atoms with Crippen molar-refractivity contribution in [3.63, 3.8) is 0 Å². The standard InChI is InChI=1S/C21H22Br2N4O2/c1-29-19-5-2-13(10-18(19)23)12-24-20-17-11-14(22)3-4-16(17)21(26-25-20)27-8-6-15(28)7-9-27/h2-5,10-11,15,28H,6-9,12H2,1H3,(H,24,25). The minimum absolute atomic E-state index is 0.218. The van der Waals surface area contributed by atoms with Crippen molar-refractivity contribution in [1.82, 2.24) is 10.2 Å². The Morgan fingerprint density at radius 2 is 1.90 bits per heavy atom. The molecule has 3 aromatic rings. The number of hydrogen-bond acceptors (Lipinski definition) is 6. The number of piperidine rings is 1. The van der Waals surface area contributed by atoms with Gasteiger partial charge in [0.05, 0.1) is 17.7 Å². The molecule has 0 radical (unpaired) electrons. The van der Waals surface area contributed by atoms with Crippen LogP contribution in [-0.2, 0) is 6.54 Å². The predicted octanol–water partition coefficient (Wildman–Crippen LogP) is 4.74. The summed E-state index contributed by atoms with van der Waals surface area (Å²) in [6.45, 7) is 2.19. The summed E-state index contributed by atoms with van der Waals surface area (Å²) in [5, 5.41) is 24.3. The molecule has 0 aliphatic carbocycles. The first-order chi connectivity index (χ1) is 14.0. The second kappa shape index (κ2) is 8.85. The Bertz CT molecular complexity index is 1020.